The zero-order chi connectivity index (χ0) is 15.0. The molecule has 0 heterocycles. The molecular formula is C15H20N2O3. The summed E-state index contributed by atoms with van der Waals surface area (Å²) in [5, 5.41) is 11.7. The number of carbonyl (C=O) groups is 1. The van der Waals surface area contributed by atoms with Gasteiger partial charge in [-0.3, -0.25) is 4.79 Å². The van der Waals surface area contributed by atoms with Gasteiger partial charge in [0.05, 0.1) is 18.7 Å². The van der Waals surface area contributed by atoms with Crippen LogP contribution in [0.25, 0.3) is 0 Å². The predicted octanol–water partition coefficient (Wildman–Crippen LogP) is 2.25. The quantitative estimate of drug-likeness (QED) is 0.829. The van der Waals surface area contributed by atoms with Gasteiger partial charge in [-0.15, -0.1) is 0 Å². The fraction of sp³-hybridized carbons (Fsp3) is 0.467. The standard InChI is InChI=1S/C15H20N2O3/c1-4-12(5-2)17-15(18)10-20-13-7-6-11(9-16)8-14(13)19-3/h6-8,12H,4-5,10H2,1-3H3,(H,17,18). The number of carbonyl (C=O) groups excluding carboxylic acids is 1. The van der Waals surface area contributed by atoms with Gasteiger partial charge in [-0.05, 0) is 25.0 Å². The van der Waals surface area contributed by atoms with Crippen molar-refractivity contribution >= 4 is 5.91 Å². The molecule has 5 heteroatoms. The van der Waals surface area contributed by atoms with Crippen molar-refractivity contribution in [3.63, 3.8) is 0 Å². The van der Waals surface area contributed by atoms with E-state index >= 15 is 0 Å². The molecule has 0 fully saturated rings. The number of rotatable bonds is 7. The third-order valence-electron chi connectivity index (χ3n) is 3.00. The van der Waals surface area contributed by atoms with E-state index in [1.165, 1.54) is 7.11 Å². The Hall–Kier alpha value is -2.22. The second-order valence-corrected chi connectivity index (χ2v) is 4.35. The number of ether oxygens (including phenoxy) is 2. The van der Waals surface area contributed by atoms with Crippen LogP contribution < -0.4 is 14.8 Å². The zero-order valence-corrected chi connectivity index (χ0v) is 12.1. The largest absolute Gasteiger partial charge is 0.493 e. The molecule has 0 saturated heterocycles. The van der Waals surface area contributed by atoms with Crippen molar-refractivity contribution in [2.75, 3.05) is 13.7 Å². The number of amides is 1. The highest BCUT2D eigenvalue weighted by Gasteiger charge is 2.11. The summed E-state index contributed by atoms with van der Waals surface area (Å²) in [7, 11) is 1.49. The van der Waals surface area contributed by atoms with Crippen LogP contribution in [-0.2, 0) is 4.79 Å². The topological polar surface area (TPSA) is 71.3 Å². The van der Waals surface area contributed by atoms with E-state index in [1.54, 1.807) is 18.2 Å². The number of nitrogens with zero attached hydrogens (tertiary/aromatic N) is 1. The van der Waals surface area contributed by atoms with Crippen molar-refractivity contribution in [3.8, 4) is 17.6 Å². The minimum absolute atomic E-state index is 0.0707. The van der Waals surface area contributed by atoms with Crippen LogP contribution in [-0.4, -0.2) is 25.7 Å². The maximum Gasteiger partial charge on any atom is 0.258 e. The number of nitrogens with one attached hydrogen (secondary N) is 1. The zero-order valence-electron chi connectivity index (χ0n) is 12.1. The van der Waals surface area contributed by atoms with Crippen molar-refractivity contribution in [1.29, 1.82) is 5.26 Å². The first-order chi connectivity index (χ1) is 9.64. The molecule has 0 atom stereocenters. The Balaban J connectivity index is 2.61. The highest BCUT2D eigenvalue weighted by Crippen LogP contribution is 2.27. The number of hydrogen-bond donors (Lipinski definition) is 1. The average molecular weight is 276 g/mol. The lowest BCUT2D eigenvalue weighted by atomic mass is 10.2. The van der Waals surface area contributed by atoms with Crippen molar-refractivity contribution in [1.82, 2.24) is 5.32 Å². The van der Waals surface area contributed by atoms with E-state index in [2.05, 4.69) is 5.32 Å². The molecule has 0 aliphatic rings. The van der Waals surface area contributed by atoms with Crippen LogP contribution in [0.5, 0.6) is 11.5 Å². The maximum atomic E-state index is 11.7. The molecule has 0 unspecified atom stereocenters. The summed E-state index contributed by atoms with van der Waals surface area (Å²) in [6.45, 7) is 3.98. The van der Waals surface area contributed by atoms with Gasteiger partial charge in [0.25, 0.3) is 5.91 Å². The second-order valence-electron chi connectivity index (χ2n) is 4.35. The summed E-state index contributed by atoms with van der Waals surface area (Å²) >= 11 is 0. The summed E-state index contributed by atoms with van der Waals surface area (Å²) < 4.78 is 10.6. The van der Waals surface area contributed by atoms with Crippen molar-refractivity contribution in [3.05, 3.63) is 23.8 Å². The molecule has 0 aromatic heterocycles. The summed E-state index contributed by atoms with van der Waals surface area (Å²) in [5.74, 6) is 0.732. The predicted molar refractivity (Wildman–Crippen MR) is 75.7 cm³/mol. The van der Waals surface area contributed by atoms with Crippen molar-refractivity contribution < 1.29 is 14.3 Å². The second kappa shape index (κ2) is 8.05. The lowest BCUT2D eigenvalue weighted by molar-refractivity contribution is -0.123. The van der Waals surface area contributed by atoms with Crippen molar-refractivity contribution in [2.45, 2.75) is 32.7 Å². The van der Waals surface area contributed by atoms with Crippen LogP contribution in [0.2, 0.25) is 0 Å². The lowest BCUT2D eigenvalue weighted by Crippen LogP contribution is -2.37. The number of nitriles is 1. The van der Waals surface area contributed by atoms with Gasteiger partial charge in [-0.1, -0.05) is 13.8 Å². The monoisotopic (exact) mass is 276 g/mol. The Bertz CT molecular complexity index is 490. The highest BCUT2D eigenvalue weighted by atomic mass is 16.5. The summed E-state index contributed by atoms with van der Waals surface area (Å²) in [4.78, 5) is 11.7. The number of methoxy groups -OCH3 is 1. The molecule has 0 spiro atoms. The molecule has 1 aromatic rings. The van der Waals surface area contributed by atoms with E-state index < -0.39 is 0 Å². The molecule has 0 radical (unpaired) electrons. The van der Waals surface area contributed by atoms with Gasteiger partial charge in [-0.2, -0.15) is 5.26 Å². The van der Waals surface area contributed by atoms with Gasteiger partial charge < -0.3 is 14.8 Å². The van der Waals surface area contributed by atoms with Gasteiger partial charge in [0, 0.05) is 12.1 Å². The van der Waals surface area contributed by atoms with Gasteiger partial charge in [0.15, 0.2) is 18.1 Å². The Morgan fingerprint density at radius 2 is 2.05 bits per heavy atom. The first-order valence-corrected chi connectivity index (χ1v) is 6.64. The fourth-order valence-electron chi connectivity index (χ4n) is 1.76. The van der Waals surface area contributed by atoms with Crippen LogP contribution >= 0.6 is 0 Å². The molecule has 1 amide bonds. The minimum Gasteiger partial charge on any atom is -0.493 e. The summed E-state index contributed by atoms with van der Waals surface area (Å²) in [6.07, 6.45) is 1.78. The van der Waals surface area contributed by atoms with Crippen LogP contribution in [0.4, 0.5) is 0 Å². The third kappa shape index (κ3) is 4.47. The Kier molecular flexibility index (Phi) is 6.38. The summed E-state index contributed by atoms with van der Waals surface area (Å²) in [6, 6.07) is 7.02. The maximum absolute atomic E-state index is 11.7. The van der Waals surface area contributed by atoms with Crippen LogP contribution in [0.1, 0.15) is 32.3 Å². The molecule has 108 valence electrons. The molecule has 0 bridgehead atoms. The molecule has 1 N–H and O–H groups in total. The van der Waals surface area contributed by atoms with Gasteiger partial charge >= 0.3 is 0 Å². The van der Waals surface area contributed by atoms with E-state index in [9.17, 15) is 4.79 Å². The molecule has 5 nitrogen and oxygen atoms in total. The van der Waals surface area contributed by atoms with E-state index in [0.29, 0.717) is 17.1 Å². The fourth-order valence-corrected chi connectivity index (χ4v) is 1.76. The van der Waals surface area contributed by atoms with E-state index in [-0.39, 0.29) is 18.6 Å². The van der Waals surface area contributed by atoms with E-state index in [4.69, 9.17) is 14.7 Å². The van der Waals surface area contributed by atoms with E-state index in [1.807, 2.05) is 19.9 Å². The Labute approximate surface area is 119 Å². The third-order valence-corrected chi connectivity index (χ3v) is 3.00. The average Bonchev–Trinajstić information content (AvgIpc) is 2.50. The lowest BCUT2D eigenvalue weighted by Gasteiger charge is -2.15. The van der Waals surface area contributed by atoms with Crippen LogP contribution in [0, 0.1) is 11.3 Å². The first kappa shape index (κ1) is 15.8. The molecule has 0 aliphatic carbocycles. The Morgan fingerprint density at radius 3 is 2.60 bits per heavy atom. The number of hydrogen-bond acceptors (Lipinski definition) is 4. The summed E-state index contributed by atoms with van der Waals surface area (Å²) in [5.41, 5.74) is 0.482. The molecule has 1 rings (SSSR count). The van der Waals surface area contributed by atoms with Gasteiger partial charge in [-0.25, -0.2) is 0 Å². The Morgan fingerprint density at radius 1 is 1.35 bits per heavy atom. The SMILES string of the molecule is CCC(CC)NC(=O)COc1ccc(C#N)cc1OC. The van der Waals surface area contributed by atoms with Crippen LogP contribution in [0.15, 0.2) is 18.2 Å². The molecular weight excluding hydrogens is 256 g/mol. The molecule has 20 heavy (non-hydrogen) atoms. The first-order valence-electron chi connectivity index (χ1n) is 6.64. The normalized spacial score (nSPS) is 9.95. The molecule has 1 aromatic carbocycles. The smallest absolute Gasteiger partial charge is 0.258 e. The highest BCUT2D eigenvalue weighted by molar-refractivity contribution is 5.77. The van der Waals surface area contributed by atoms with Gasteiger partial charge in [0.1, 0.15) is 0 Å². The van der Waals surface area contributed by atoms with Gasteiger partial charge in [0.2, 0.25) is 0 Å². The molecule has 0 aliphatic heterocycles. The van der Waals surface area contributed by atoms with Crippen LogP contribution in [0.3, 0.4) is 0 Å². The minimum atomic E-state index is -0.162. The van der Waals surface area contributed by atoms with E-state index in [0.717, 1.165) is 12.8 Å². The number of benzene rings is 1. The molecule has 0 saturated carbocycles. The van der Waals surface area contributed by atoms with Crippen molar-refractivity contribution in [2.24, 2.45) is 0 Å².